The average Bonchev–Trinajstić information content (AvgIpc) is 3.41. The first-order valence-corrected chi connectivity index (χ1v) is 15.7. The summed E-state index contributed by atoms with van der Waals surface area (Å²) in [6.07, 6.45) is 3.68. The summed E-state index contributed by atoms with van der Waals surface area (Å²) in [5.41, 5.74) is 0.326. The molecule has 10 nitrogen and oxygen atoms in total. The van der Waals surface area contributed by atoms with Crippen LogP contribution in [-0.4, -0.2) is 114 Å². The number of carbonyl (C=O) groups excluding carboxylic acids is 1. The molecular formula is C32H50FN7O3. The van der Waals surface area contributed by atoms with Gasteiger partial charge in [-0.15, -0.1) is 10.2 Å². The van der Waals surface area contributed by atoms with Crippen LogP contribution in [0.4, 0.5) is 10.2 Å². The number of benzene rings is 1. The summed E-state index contributed by atoms with van der Waals surface area (Å²) in [5, 5.41) is 8.21. The van der Waals surface area contributed by atoms with E-state index in [1.165, 1.54) is 24.5 Å². The highest BCUT2D eigenvalue weighted by Gasteiger charge is 2.50. The number of carbonyl (C=O) groups is 1. The molecule has 0 saturated carbocycles. The molecule has 1 amide bonds. The highest BCUT2D eigenvalue weighted by molar-refractivity contribution is 5.97. The number of likely N-dealkylation sites (N-methyl/N-ethyl adjacent to an activating group) is 1. The normalized spacial score (nSPS) is 18.0. The first-order chi connectivity index (χ1) is 20.5. The van der Waals surface area contributed by atoms with E-state index < -0.39 is 5.82 Å². The Hall–Kier alpha value is -2.89. The highest BCUT2D eigenvalue weighted by atomic mass is 19.1. The molecule has 2 aromatic rings. The van der Waals surface area contributed by atoms with E-state index in [1.54, 1.807) is 4.90 Å². The molecule has 1 spiro atoms. The van der Waals surface area contributed by atoms with Crippen LogP contribution in [-0.2, 0) is 4.74 Å². The van der Waals surface area contributed by atoms with Gasteiger partial charge in [0.15, 0.2) is 5.82 Å². The Morgan fingerprint density at radius 2 is 1.88 bits per heavy atom. The quantitative estimate of drug-likeness (QED) is 0.310. The number of anilines is 1. The maximum atomic E-state index is 14.3. The molecule has 43 heavy (non-hydrogen) atoms. The molecule has 2 aliphatic heterocycles. The van der Waals surface area contributed by atoms with Crippen LogP contribution >= 0.6 is 0 Å². The fourth-order valence-electron chi connectivity index (χ4n) is 6.56. The molecule has 1 aromatic carbocycles. The van der Waals surface area contributed by atoms with Gasteiger partial charge in [-0.1, -0.05) is 20.8 Å². The van der Waals surface area contributed by atoms with Crippen LogP contribution < -0.4 is 9.64 Å². The molecule has 0 aliphatic carbocycles. The molecule has 0 radical (unpaired) electrons. The fourth-order valence-corrected chi connectivity index (χ4v) is 6.56. The van der Waals surface area contributed by atoms with Crippen molar-refractivity contribution in [3.05, 3.63) is 35.9 Å². The second-order valence-corrected chi connectivity index (χ2v) is 12.9. The van der Waals surface area contributed by atoms with Crippen molar-refractivity contribution >= 4 is 11.7 Å². The maximum Gasteiger partial charge on any atom is 0.282 e. The molecule has 4 rings (SSSR count). The number of aromatic nitrogens is 3. The molecule has 238 valence electrons. The number of likely N-dealkylation sites (tertiary alicyclic amines) is 1. The number of rotatable bonds is 14. The third kappa shape index (κ3) is 7.61. The van der Waals surface area contributed by atoms with Gasteiger partial charge in [0.05, 0.1) is 11.7 Å². The Morgan fingerprint density at radius 1 is 1.14 bits per heavy atom. The lowest BCUT2D eigenvalue weighted by Gasteiger charge is -2.53. The van der Waals surface area contributed by atoms with E-state index >= 15 is 0 Å². The van der Waals surface area contributed by atoms with E-state index in [0.29, 0.717) is 24.3 Å². The van der Waals surface area contributed by atoms with Crippen LogP contribution in [0.2, 0.25) is 0 Å². The third-order valence-corrected chi connectivity index (χ3v) is 9.12. The number of ether oxygens (including phenoxy) is 2. The predicted molar refractivity (Wildman–Crippen MR) is 166 cm³/mol. The second kappa shape index (κ2) is 14.3. The van der Waals surface area contributed by atoms with E-state index in [9.17, 15) is 9.18 Å². The minimum Gasteiger partial charge on any atom is -0.434 e. The lowest BCUT2D eigenvalue weighted by molar-refractivity contribution is -0.0534. The maximum absolute atomic E-state index is 14.3. The Morgan fingerprint density at radius 3 is 2.51 bits per heavy atom. The number of hydrogen-bond acceptors (Lipinski definition) is 9. The SMILES string of the molecule is CCN(C)C[C@H](C[C@@H](C(C)C)N1CC2(CCN(c3ncnnc3Oc3ccc(F)cc3C(=O)N(CC)C(C)C)C2)C1)OC. The van der Waals surface area contributed by atoms with E-state index in [1.807, 2.05) is 27.9 Å². The van der Waals surface area contributed by atoms with Crippen molar-refractivity contribution < 1.29 is 18.7 Å². The first-order valence-electron chi connectivity index (χ1n) is 15.7. The lowest BCUT2D eigenvalue weighted by atomic mass is 9.76. The fraction of sp³-hybridized carbons (Fsp3) is 0.688. The zero-order valence-electron chi connectivity index (χ0n) is 27.2. The average molecular weight is 600 g/mol. The first kappa shape index (κ1) is 33.0. The van der Waals surface area contributed by atoms with Gasteiger partial charge in [-0.25, -0.2) is 9.37 Å². The Labute approximate surface area is 256 Å². The molecule has 1 aromatic heterocycles. The molecule has 0 bridgehead atoms. The zero-order valence-corrected chi connectivity index (χ0v) is 27.2. The smallest absolute Gasteiger partial charge is 0.282 e. The van der Waals surface area contributed by atoms with Gasteiger partial charge in [0.2, 0.25) is 0 Å². The van der Waals surface area contributed by atoms with Gasteiger partial charge < -0.3 is 24.2 Å². The Bertz CT molecular complexity index is 1220. The van der Waals surface area contributed by atoms with Crippen LogP contribution in [0.5, 0.6) is 11.6 Å². The van der Waals surface area contributed by atoms with Crippen molar-refractivity contribution in [1.82, 2.24) is 29.9 Å². The summed E-state index contributed by atoms with van der Waals surface area (Å²) in [4.78, 5) is 26.7. The summed E-state index contributed by atoms with van der Waals surface area (Å²) in [7, 11) is 3.96. The third-order valence-electron chi connectivity index (χ3n) is 9.12. The van der Waals surface area contributed by atoms with Crippen LogP contribution in [0.25, 0.3) is 0 Å². The van der Waals surface area contributed by atoms with Crippen LogP contribution in [0, 0.1) is 17.2 Å². The van der Waals surface area contributed by atoms with Crippen LogP contribution in [0.3, 0.4) is 0 Å². The predicted octanol–water partition coefficient (Wildman–Crippen LogP) is 4.57. The van der Waals surface area contributed by atoms with E-state index in [4.69, 9.17) is 9.47 Å². The highest BCUT2D eigenvalue weighted by Crippen LogP contribution is 2.44. The zero-order chi connectivity index (χ0) is 31.3. The van der Waals surface area contributed by atoms with Crippen molar-refractivity contribution in [2.75, 3.05) is 64.9 Å². The van der Waals surface area contributed by atoms with Crippen LogP contribution in [0.1, 0.15) is 64.7 Å². The van der Waals surface area contributed by atoms with Gasteiger partial charge in [0.1, 0.15) is 17.9 Å². The number of nitrogens with zero attached hydrogens (tertiary/aromatic N) is 7. The van der Waals surface area contributed by atoms with Crippen molar-refractivity contribution in [2.24, 2.45) is 11.3 Å². The minimum atomic E-state index is -0.502. The lowest BCUT2D eigenvalue weighted by Crippen LogP contribution is -2.62. The Kier molecular flexibility index (Phi) is 10.9. The van der Waals surface area contributed by atoms with Crippen molar-refractivity contribution in [1.29, 1.82) is 0 Å². The van der Waals surface area contributed by atoms with Gasteiger partial charge in [0, 0.05) is 63.9 Å². The van der Waals surface area contributed by atoms with Gasteiger partial charge in [-0.3, -0.25) is 9.69 Å². The molecule has 11 heteroatoms. The van der Waals surface area contributed by atoms with E-state index in [-0.39, 0.29) is 40.7 Å². The van der Waals surface area contributed by atoms with E-state index in [0.717, 1.165) is 52.1 Å². The van der Waals surface area contributed by atoms with Gasteiger partial charge in [-0.05, 0) is 71.3 Å². The molecule has 0 N–H and O–H groups in total. The molecular weight excluding hydrogens is 549 g/mol. The summed E-state index contributed by atoms with van der Waals surface area (Å²) in [5.74, 6) is 0.768. The summed E-state index contributed by atoms with van der Waals surface area (Å²) >= 11 is 0. The van der Waals surface area contributed by atoms with Crippen molar-refractivity contribution in [2.45, 2.75) is 72.6 Å². The number of amides is 1. The molecule has 2 aliphatic rings. The molecule has 2 atom stereocenters. The van der Waals surface area contributed by atoms with E-state index in [2.05, 4.69) is 57.7 Å². The van der Waals surface area contributed by atoms with Gasteiger partial charge >= 0.3 is 0 Å². The molecule has 0 unspecified atom stereocenters. The molecule has 3 heterocycles. The van der Waals surface area contributed by atoms with Gasteiger partial charge in [0.25, 0.3) is 11.8 Å². The van der Waals surface area contributed by atoms with Crippen LogP contribution in [0.15, 0.2) is 24.5 Å². The summed E-state index contributed by atoms with van der Waals surface area (Å²) < 4.78 is 26.4. The van der Waals surface area contributed by atoms with Crippen molar-refractivity contribution in [3.63, 3.8) is 0 Å². The summed E-state index contributed by atoms with van der Waals surface area (Å²) in [6, 6.07) is 4.40. The monoisotopic (exact) mass is 599 g/mol. The summed E-state index contributed by atoms with van der Waals surface area (Å²) in [6.45, 7) is 18.7. The Balaban J connectivity index is 1.47. The number of methoxy groups -OCH3 is 1. The van der Waals surface area contributed by atoms with Gasteiger partial charge in [-0.2, -0.15) is 0 Å². The molecule has 2 saturated heterocycles. The second-order valence-electron chi connectivity index (χ2n) is 12.9. The van der Waals surface area contributed by atoms with Crippen molar-refractivity contribution in [3.8, 4) is 11.6 Å². The minimum absolute atomic E-state index is 0.0430. The number of halogens is 1. The molecule has 2 fully saturated rings. The topological polar surface area (TPSA) is 87.2 Å². The largest absolute Gasteiger partial charge is 0.434 e. The number of hydrogen-bond donors (Lipinski definition) is 0. The standard InChI is InChI=1S/C32H50FN7O3/c1-9-37(7)17-25(42-8)16-27(22(3)4)39-19-32(20-39)13-14-38(18-32)29-30(36-35-21-34-29)43-28-12-11-24(33)15-26(28)31(41)40(10-2)23(5)6/h11-12,15,21-23,25,27H,9-10,13-14,16-20H2,1-8H3/t25-,27-/m0/s1.